The molecule has 0 amide bonds. The highest BCUT2D eigenvalue weighted by atomic mass is 16.5. The van der Waals surface area contributed by atoms with Crippen LogP contribution < -0.4 is 10.2 Å². The predicted molar refractivity (Wildman–Crippen MR) is 99.8 cm³/mol. The number of H-pyrrole nitrogens is 1. The summed E-state index contributed by atoms with van der Waals surface area (Å²) < 4.78 is 5.07. The number of fused-ring (bicyclic) bond motifs is 3. The van der Waals surface area contributed by atoms with Crippen LogP contribution in [0.5, 0.6) is 11.5 Å². The van der Waals surface area contributed by atoms with Gasteiger partial charge in [0.2, 0.25) is 0 Å². The first-order valence-electron chi connectivity index (χ1n) is 7.93. The monoisotopic (exact) mass is 348 g/mol. The van der Waals surface area contributed by atoms with Crippen LogP contribution in [0.3, 0.4) is 0 Å². The van der Waals surface area contributed by atoms with Crippen LogP contribution in [0.4, 0.5) is 5.95 Å². The maximum Gasteiger partial charge on any atom is 0.265 e. The SMILES string of the molecule is COc1cc(/C=N/Nc2nnc3c(n2)[nH]c2c(C)cccc23)ccc1O. The van der Waals surface area contributed by atoms with Crippen LogP contribution in [-0.2, 0) is 0 Å². The number of benzene rings is 2. The Morgan fingerprint density at radius 3 is 2.96 bits per heavy atom. The van der Waals surface area contributed by atoms with Gasteiger partial charge >= 0.3 is 0 Å². The maximum absolute atomic E-state index is 9.60. The van der Waals surface area contributed by atoms with E-state index in [1.165, 1.54) is 13.2 Å². The van der Waals surface area contributed by atoms with Crippen LogP contribution in [0.2, 0.25) is 0 Å². The number of hydrogen-bond donors (Lipinski definition) is 3. The molecule has 2 heterocycles. The lowest BCUT2D eigenvalue weighted by atomic mass is 10.1. The quantitative estimate of drug-likeness (QED) is 0.386. The summed E-state index contributed by atoms with van der Waals surface area (Å²) in [6.07, 6.45) is 1.57. The number of aromatic amines is 1. The molecule has 26 heavy (non-hydrogen) atoms. The molecule has 0 atom stereocenters. The molecule has 0 radical (unpaired) electrons. The van der Waals surface area contributed by atoms with Crippen molar-refractivity contribution in [2.75, 3.05) is 12.5 Å². The molecule has 0 spiro atoms. The molecular weight excluding hydrogens is 332 g/mol. The van der Waals surface area contributed by atoms with Gasteiger partial charge < -0.3 is 14.8 Å². The van der Waals surface area contributed by atoms with Crippen molar-refractivity contribution >= 4 is 34.2 Å². The lowest BCUT2D eigenvalue weighted by molar-refractivity contribution is 0.373. The number of anilines is 1. The molecule has 0 aliphatic rings. The van der Waals surface area contributed by atoms with Gasteiger partial charge in [0.25, 0.3) is 5.95 Å². The van der Waals surface area contributed by atoms with Crippen molar-refractivity contribution in [1.29, 1.82) is 0 Å². The van der Waals surface area contributed by atoms with Gasteiger partial charge in [-0.05, 0) is 36.2 Å². The summed E-state index contributed by atoms with van der Waals surface area (Å²) in [5.41, 5.74) is 7.00. The minimum atomic E-state index is 0.0738. The van der Waals surface area contributed by atoms with Gasteiger partial charge in [-0.2, -0.15) is 10.1 Å². The van der Waals surface area contributed by atoms with Gasteiger partial charge in [0.1, 0.15) is 5.52 Å². The number of ether oxygens (including phenoxy) is 1. The molecule has 0 saturated heterocycles. The zero-order chi connectivity index (χ0) is 18.1. The smallest absolute Gasteiger partial charge is 0.265 e. The minimum Gasteiger partial charge on any atom is -0.504 e. The summed E-state index contributed by atoms with van der Waals surface area (Å²) in [6, 6.07) is 10.9. The Labute approximate surface area is 148 Å². The molecule has 0 fully saturated rings. The normalized spacial score (nSPS) is 11.5. The van der Waals surface area contributed by atoms with Gasteiger partial charge in [0.05, 0.1) is 18.8 Å². The number of nitrogens with one attached hydrogen (secondary N) is 2. The molecule has 0 bridgehead atoms. The molecule has 130 valence electrons. The summed E-state index contributed by atoms with van der Waals surface area (Å²) in [5.74, 6) is 0.732. The summed E-state index contributed by atoms with van der Waals surface area (Å²) in [7, 11) is 1.49. The molecule has 8 heteroatoms. The summed E-state index contributed by atoms with van der Waals surface area (Å²) in [4.78, 5) is 7.68. The standard InChI is InChI=1S/C18H16N6O2/c1-10-4-3-5-12-15(10)20-17-16(12)22-24-18(21-17)23-19-9-11-6-7-13(25)14(8-11)26-2/h3-9,25H,1-2H3,(H2,20,21,23,24)/b19-9+. The third kappa shape index (κ3) is 2.77. The van der Waals surface area contributed by atoms with Gasteiger partial charge in [-0.3, -0.25) is 0 Å². The molecule has 3 N–H and O–H groups in total. The van der Waals surface area contributed by atoms with E-state index in [2.05, 4.69) is 30.7 Å². The van der Waals surface area contributed by atoms with Crippen molar-refractivity contribution in [3.05, 3.63) is 47.5 Å². The average Bonchev–Trinajstić information content (AvgIpc) is 3.02. The van der Waals surface area contributed by atoms with Crippen molar-refractivity contribution < 1.29 is 9.84 Å². The Hall–Kier alpha value is -3.68. The molecule has 0 aliphatic carbocycles. The average molecular weight is 348 g/mol. The van der Waals surface area contributed by atoms with Crippen LogP contribution in [-0.4, -0.2) is 38.6 Å². The summed E-state index contributed by atoms with van der Waals surface area (Å²) in [6.45, 7) is 2.03. The van der Waals surface area contributed by atoms with Crippen molar-refractivity contribution in [2.24, 2.45) is 5.10 Å². The molecule has 0 unspecified atom stereocenters. The molecular formula is C18H16N6O2. The van der Waals surface area contributed by atoms with Crippen LogP contribution in [0.25, 0.3) is 22.1 Å². The summed E-state index contributed by atoms with van der Waals surface area (Å²) >= 11 is 0. The van der Waals surface area contributed by atoms with Crippen LogP contribution >= 0.6 is 0 Å². The second kappa shape index (κ2) is 6.32. The zero-order valence-corrected chi connectivity index (χ0v) is 14.2. The van der Waals surface area contributed by atoms with E-state index >= 15 is 0 Å². The van der Waals surface area contributed by atoms with Gasteiger partial charge in [-0.1, -0.05) is 18.2 Å². The fourth-order valence-corrected chi connectivity index (χ4v) is 2.73. The van der Waals surface area contributed by atoms with E-state index in [0.29, 0.717) is 11.4 Å². The van der Waals surface area contributed by atoms with E-state index in [4.69, 9.17) is 4.74 Å². The largest absolute Gasteiger partial charge is 0.504 e. The molecule has 8 nitrogen and oxygen atoms in total. The number of rotatable bonds is 4. The van der Waals surface area contributed by atoms with Gasteiger partial charge in [-0.25, -0.2) is 5.43 Å². The Balaban J connectivity index is 1.59. The topological polar surface area (TPSA) is 108 Å². The first kappa shape index (κ1) is 15.8. The lowest BCUT2D eigenvalue weighted by Crippen LogP contribution is -1.99. The molecule has 4 rings (SSSR count). The number of hydrazone groups is 1. The van der Waals surface area contributed by atoms with Crippen molar-refractivity contribution in [3.63, 3.8) is 0 Å². The van der Waals surface area contributed by atoms with E-state index in [0.717, 1.165) is 27.5 Å². The maximum atomic E-state index is 9.60. The number of aromatic hydroxyl groups is 1. The predicted octanol–water partition coefficient (Wildman–Crippen LogP) is 2.97. The molecule has 4 aromatic rings. The van der Waals surface area contributed by atoms with E-state index in [-0.39, 0.29) is 11.7 Å². The Morgan fingerprint density at radius 2 is 2.12 bits per heavy atom. The van der Waals surface area contributed by atoms with Crippen LogP contribution in [0.15, 0.2) is 41.5 Å². The van der Waals surface area contributed by atoms with Crippen molar-refractivity contribution in [3.8, 4) is 11.5 Å². The zero-order valence-electron chi connectivity index (χ0n) is 14.2. The highest BCUT2D eigenvalue weighted by molar-refractivity contribution is 6.04. The highest BCUT2D eigenvalue weighted by Gasteiger charge is 2.10. The van der Waals surface area contributed by atoms with Crippen LogP contribution in [0.1, 0.15) is 11.1 Å². The van der Waals surface area contributed by atoms with Gasteiger partial charge in [0, 0.05) is 5.39 Å². The molecule has 2 aromatic heterocycles. The van der Waals surface area contributed by atoms with E-state index < -0.39 is 0 Å². The Kier molecular flexibility index (Phi) is 3.85. The number of aromatic nitrogens is 4. The van der Waals surface area contributed by atoms with Gasteiger partial charge in [0.15, 0.2) is 17.1 Å². The van der Waals surface area contributed by atoms with Crippen molar-refractivity contribution in [1.82, 2.24) is 20.2 Å². The molecule has 2 aromatic carbocycles. The van der Waals surface area contributed by atoms with Gasteiger partial charge in [-0.15, -0.1) is 10.2 Å². The summed E-state index contributed by atoms with van der Waals surface area (Å²) in [5, 5.41) is 23.0. The number of methoxy groups -OCH3 is 1. The van der Waals surface area contributed by atoms with Crippen LogP contribution in [0, 0.1) is 6.92 Å². The first-order chi connectivity index (χ1) is 12.7. The van der Waals surface area contributed by atoms with E-state index in [9.17, 15) is 5.11 Å². The van der Waals surface area contributed by atoms with E-state index in [1.54, 1.807) is 18.3 Å². The number of para-hydroxylation sites is 1. The second-order valence-electron chi connectivity index (χ2n) is 5.76. The lowest BCUT2D eigenvalue weighted by Gasteiger charge is -2.03. The second-order valence-corrected chi connectivity index (χ2v) is 5.76. The van der Waals surface area contributed by atoms with E-state index in [1.807, 2.05) is 25.1 Å². The molecule has 0 aliphatic heterocycles. The number of hydrogen-bond acceptors (Lipinski definition) is 7. The highest BCUT2D eigenvalue weighted by Crippen LogP contribution is 2.26. The number of phenols is 1. The first-order valence-corrected chi connectivity index (χ1v) is 7.93. The fraction of sp³-hybridized carbons (Fsp3) is 0.111. The Bertz CT molecular complexity index is 1140. The molecule has 0 saturated carbocycles. The minimum absolute atomic E-state index is 0.0738. The number of nitrogens with zero attached hydrogens (tertiary/aromatic N) is 4. The number of aryl methyl sites for hydroxylation is 1. The Morgan fingerprint density at radius 1 is 1.23 bits per heavy atom. The third-order valence-electron chi connectivity index (χ3n) is 4.04. The third-order valence-corrected chi connectivity index (χ3v) is 4.04. The van der Waals surface area contributed by atoms with Crippen molar-refractivity contribution in [2.45, 2.75) is 6.92 Å². The fourth-order valence-electron chi connectivity index (χ4n) is 2.73. The number of phenolic OH excluding ortho intramolecular Hbond substituents is 1.